The molecule has 0 saturated heterocycles. The van der Waals surface area contributed by atoms with Crippen LogP contribution in [0.15, 0.2) is 42.5 Å². The lowest BCUT2D eigenvalue weighted by Gasteiger charge is -2.12. The third-order valence-electron chi connectivity index (χ3n) is 2.65. The Morgan fingerprint density at radius 1 is 1.17 bits per heavy atom. The number of benzene rings is 2. The van der Waals surface area contributed by atoms with Crippen LogP contribution in [0.25, 0.3) is 0 Å². The van der Waals surface area contributed by atoms with E-state index in [9.17, 15) is 0 Å². The molecule has 0 saturated carbocycles. The molecule has 0 aliphatic rings. The summed E-state index contributed by atoms with van der Waals surface area (Å²) < 4.78 is 5.90. The summed E-state index contributed by atoms with van der Waals surface area (Å²) in [7, 11) is 1.89. The van der Waals surface area contributed by atoms with Gasteiger partial charge in [-0.25, -0.2) is 0 Å². The Morgan fingerprint density at radius 3 is 2.67 bits per heavy atom. The normalized spacial score (nSPS) is 10.4. The molecule has 94 valence electrons. The second-order valence-corrected chi connectivity index (χ2v) is 4.57. The lowest BCUT2D eigenvalue weighted by Crippen LogP contribution is -2.07. The maximum absolute atomic E-state index is 6.19. The number of hydrogen-bond donors (Lipinski definition) is 1. The summed E-state index contributed by atoms with van der Waals surface area (Å²) in [5.41, 5.74) is 2.15. The standard InChI is InChI=1S/C15H16ClNO/c1-11-5-3-6-12(9-11)18-15-8-4-7-14(16)13(15)10-17-2/h3-9,17H,10H2,1-2H3. The first kappa shape index (κ1) is 12.9. The highest BCUT2D eigenvalue weighted by molar-refractivity contribution is 6.31. The van der Waals surface area contributed by atoms with Gasteiger partial charge in [0.05, 0.1) is 0 Å². The Hall–Kier alpha value is -1.51. The number of nitrogens with one attached hydrogen (secondary N) is 1. The van der Waals surface area contributed by atoms with Crippen LogP contribution >= 0.6 is 11.6 Å². The van der Waals surface area contributed by atoms with Crippen molar-refractivity contribution >= 4 is 11.6 Å². The van der Waals surface area contributed by atoms with E-state index in [1.54, 1.807) is 0 Å². The van der Waals surface area contributed by atoms with Crippen LogP contribution in [-0.2, 0) is 6.54 Å². The van der Waals surface area contributed by atoms with Gasteiger partial charge in [-0.05, 0) is 43.8 Å². The molecule has 0 radical (unpaired) electrons. The fraction of sp³-hybridized carbons (Fsp3) is 0.200. The monoisotopic (exact) mass is 261 g/mol. The Bertz CT molecular complexity index is 540. The largest absolute Gasteiger partial charge is 0.457 e. The summed E-state index contributed by atoms with van der Waals surface area (Å²) in [6.45, 7) is 2.72. The zero-order chi connectivity index (χ0) is 13.0. The predicted molar refractivity (Wildman–Crippen MR) is 75.5 cm³/mol. The summed E-state index contributed by atoms with van der Waals surface area (Å²) in [6.07, 6.45) is 0. The van der Waals surface area contributed by atoms with Crippen molar-refractivity contribution in [3.8, 4) is 11.5 Å². The van der Waals surface area contributed by atoms with E-state index in [4.69, 9.17) is 16.3 Å². The van der Waals surface area contributed by atoms with Gasteiger partial charge >= 0.3 is 0 Å². The molecule has 2 rings (SSSR count). The molecule has 0 aromatic heterocycles. The minimum atomic E-state index is 0.681. The lowest BCUT2D eigenvalue weighted by molar-refractivity contribution is 0.474. The molecule has 0 unspecified atom stereocenters. The lowest BCUT2D eigenvalue weighted by atomic mass is 10.2. The third kappa shape index (κ3) is 3.03. The van der Waals surface area contributed by atoms with Crippen LogP contribution < -0.4 is 10.1 Å². The predicted octanol–water partition coefficient (Wildman–Crippen LogP) is 4.16. The van der Waals surface area contributed by atoms with Gasteiger partial charge in [0.2, 0.25) is 0 Å². The molecule has 0 aliphatic carbocycles. The molecule has 0 heterocycles. The Labute approximate surface area is 113 Å². The molecule has 1 N–H and O–H groups in total. The molecule has 2 aromatic carbocycles. The number of rotatable bonds is 4. The van der Waals surface area contributed by atoms with Crippen molar-refractivity contribution in [3.63, 3.8) is 0 Å². The Kier molecular flexibility index (Phi) is 4.24. The molecule has 2 aromatic rings. The van der Waals surface area contributed by atoms with Crippen LogP contribution in [0.3, 0.4) is 0 Å². The number of aryl methyl sites for hydroxylation is 1. The molecule has 0 amide bonds. The first-order valence-corrected chi connectivity index (χ1v) is 6.25. The van der Waals surface area contributed by atoms with Crippen molar-refractivity contribution in [1.82, 2.24) is 5.32 Å². The van der Waals surface area contributed by atoms with Gasteiger partial charge in [0.1, 0.15) is 11.5 Å². The number of hydrogen-bond acceptors (Lipinski definition) is 2. The first-order valence-electron chi connectivity index (χ1n) is 5.87. The molecule has 0 spiro atoms. The van der Waals surface area contributed by atoms with Crippen LogP contribution in [0.5, 0.6) is 11.5 Å². The summed E-state index contributed by atoms with van der Waals surface area (Å²) in [5, 5.41) is 3.82. The van der Waals surface area contributed by atoms with Crippen LogP contribution in [0.4, 0.5) is 0 Å². The zero-order valence-electron chi connectivity index (χ0n) is 10.5. The van der Waals surface area contributed by atoms with Gasteiger partial charge < -0.3 is 10.1 Å². The van der Waals surface area contributed by atoms with E-state index in [-0.39, 0.29) is 0 Å². The number of halogens is 1. The quantitative estimate of drug-likeness (QED) is 0.892. The van der Waals surface area contributed by atoms with E-state index in [0.29, 0.717) is 6.54 Å². The second kappa shape index (κ2) is 5.89. The van der Waals surface area contributed by atoms with Gasteiger partial charge in [0.25, 0.3) is 0 Å². The molecule has 3 heteroatoms. The minimum Gasteiger partial charge on any atom is -0.457 e. The smallest absolute Gasteiger partial charge is 0.133 e. The molecule has 18 heavy (non-hydrogen) atoms. The summed E-state index contributed by atoms with van der Waals surface area (Å²) in [6, 6.07) is 13.7. The maximum Gasteiger partial charge on any atom is 0.133 e. The molecule has 0 atom stereocenters. The van der Waals surface area contributed by atoms with Crippen molar-refractivity contribution in [2.24, 2.45) is 0 Å². The zero-order valence-corrected chi connectivity index (χ0v) is 11.3. The highest BCUT2D eigenvalue weighted by atomic mass is 35.5. The van der Waals surface area contributed by atoms with Gasteiger partial charge in [0, 0.05) is 17.1 Å². The minimum absolute atomic E-state index is 0.681. The van der Waals surface area contributed by atoms with E-state index in [0.717, 1.165) is 22.1 Å². The van der Waals surface area contributed by atoms with Crippen molar-refractivity contribution < 1.29 is 4.74 Å². The van der Waals surface area contributed by atoms with E-state index in [1.807, 2.05) is 56.4 Å². The molecule has 0 bridgehead atoms. The third-order valence-corrected chi connectivity index (χ3v) is 3.00. The van der Waals surface area contributed by atoms with Crippen molar-refractivity contribution in [3.05, 3.63) is 58.6 Å². The summed E-state index contributed by atoms with van der Waals surface area (Å²) >= 11 is 6.19. The Balaban J connectivity index is 2.31. The average molecular weight is 262 g/mol. The van der Waals surface area contributed by atoms with Crippen LogP contribution in [0.2, 0.25) is 5.02 Å². The SMILES string of the molecule is CNCc1c(Cl)cccc1Oc1cccc(C)c1. The van der Waals surface area contributed by atoms with Crippen molar-refractivity contribution in [1.29, 1.82) is 0 Å². The molecular weight excluding hydrogens is 246 g/mol. The molecule has 0 aliphatic heterocycles. The van der Waals surface area contributed by atoms with Crippen LogP contribution in [0, 0.1) is 6.92 Å². The van der Waals surface area contributed by atoms with Gasteiger partial charge in [-0.1, -0.05) is 29.8 Å². The van der Waals surface area contributed by atoms with Gasteiger partial charge in [-0.15, -0.1) is 0 Å². The summed E-state index contributed by atoms with van der Waals surface area (Å²) in [5.74, 6) is 1.62. The van der Waals surface area contributed by atoms with Crippen LogP contribution in [0.1, 0.15) is 11.1 Å². The highest BCUT2D eigenvalue weighted by Gasteiger charge is 2.08. The van der Waals surface area contributed by atoms with E-state index in [2.05, 4.69) is 5.32 Å². The van der Waals surface area contributed by atoms with Crippen LogP contribution in [-0.4, -0.2) is 7.05 Å². The number of ether oxygens (including phenoxy) is 1. The van der Waals surface area contributed by atoms with E-state index >= 15 is 0 Å². The Morgan fingerprint density at radius 2 is 1.94 bits per heavy atom. The molecule has 2 nitrogen and oxygen atoms in total. The second-order valence-electron chi connectivity index (χ2n) is 4.17. The van der Waals surface area contributed by atoms with Gasteiger partial charge in [-0.3, -0.25) is 0 Å². The topological polar surface area (TPSA) is 21.3 Å². The average Bonchev–Trinajstić information content (AvgIpc) is 2.34. The first-order chi connectivity index (χ1) is 8.70. The van der Waals surface area contributed by atoms with Crippen molar-refractivity contribution in [2.45, 2.75) is 13.5 Å². The molecular formula is C15H16ClNO. The van der Waals surface area contributed by atoms with E-state index in [1.165, 1.54) is 5.56 Å². The molecule has 0 fully saturated rings. The summed E-state index contributed by atoms with van der Waals surface area (Å²) in [4.78, 5) is 0. The van der Waals surface area contributed by atoms with E-state index < -0.39 is 0 Å². The highest BCUT2D eigenvalue weighted by Crippen LogP contribution is 2.30. The van der Waals surface area contributed by atoms with Crippen molar-refractivity contribution in [2.75, 3.05) is 7.05 Å². The maximum atomic E-state index is 6.19. The fourth-order valence-corrected chi connectivity index (χ4v) is 2.02. The fourth-order valence-electron chi connectivity index (χ4n) is 1.79. The van der Waals surface area contributed by atoms with Gasteiger partial charge in [-0.2, -0.15) is 0 Å². The van der Waals surface area contributed by atoms with Gasteiger partial charge in [0.15, 0.2) is 0 Å².